The molecule has 1 amide bonds. The van der Waals surface area contributed by atoms with Gasteiger partial charge in [0.2, 0.25) is 0 Å². The lowest BCUT2D eigenvalue weighted by atomic mass is 10.0. The van der Waals surface area contributed by atoms with Gasteiger partial charge in [0.05, 0.1) is 12.7 Å². The van der Waals surface area contributed by atoms with E-state index in [1.165, 1.54) is 76.2 Å². The minimum Gasteiger partial charge on any atom is -0.449 e. The van der Waals surface area contributed by atoms with Gasteiger partial charge in [0.1, 0.15) is 0 Å². The summed E-state index contributed by atoms with van der Waals surface area (Å²) in [6.07, 6.45) is 17.9. The number of hydrogen-bond acceptors (Lipinski definition) is 3. The van der Waals surface area contributed by atoms with Crippen LogP contribution in [-0.2, 0) is 4.74 Å². The summed E-state index contributed by atoms with van der Waals surface area (Å²) < 4.78 is 5.23. The number of nitrogens with zero attached hydrogens (tertiary/aromatic N) is 1. The number of benzene rings is 1. The van der Waals surface area contributed by atoms with Crippen molar-refractivity contribution in [3.63, 3.8) is 0 Å². The molecule has 1 aromatic carbocycles. The molecule has 0 saturated carbocycles. The van der Waals surface area contributed by atoms with Crippen LogP contribution in [0.5, 0.6) is 0 Å². The average molecular weight is 401 g/mol. The number of amides is 1. The van der Waals surface area contributed by atoms with Crippen molar-refractivity contribution in [2.75, 3.05) is 11.9 Å². The van der Waals surface area contributed by atoms with E-state index in [0.717, 1.165) is 31.4 Å². The molecule has 0 saturated heterocycles. The minimum absolute atomic E-state index is 0.365. The molecule has 29 heavy (non-hydrogen) atoms. The van der Waals surface area contributed by atoms with Gasteiger partial charge in [0.15, 0.2) is 0 Å². The second kappa shape index (κ2) is 18.0. The molecule has 1 N–H and O–H groups in total. The van der Waals surface area contributed by atoms with Crippen molar-refractivity contribution in [2.24, 2.45) is 0 Å². The van der Waals surface area contributed by atoms with Crippen LogP contribution in [-0.4, -0.2) is 12.7 Å². The summed E-state index contributed by atoms with van der Waals surface area (Å²) in [5.74, 6) is 0. The number of rotatable bonds is 17. The van der Waals surface area contributed by atoms with E-state index in [0.29, 0.717) is 6.61 Å². The van der Waals surface area contributed by atoms with Gasteiger partial charge < -0.3 is 4.74 Å². The Morgan fingerprint density at radius 2 is 1.24 bits per heavy atom. The topological polar surface area (TPSA) is 62.1 Å². The highest BCUT2D eigenvalue weighted by Gasteiger charge is 2.02. The van der Waals surface area contributed by atoms with Gasteiger partial charge in [0.25, 0.3) is 0 Å². The number of unbranched alkanes of at least 4 members (excludes halogenated alkanes) is 14. The molecule has 0 radical (unpaired) electrons. The van der Waals surface area contributed by atoms with E-state index in [1.54, 1.807) is 0 Å². The molecule has 0 atom stereocenters. The summed E-state index contributed by atoms with van der Waals surface area (Å²) in [4.78, 5) is 11.7. The van der Waals surface area contributed by atoms with Crippen LogP contribution < -0.4 is 5.32 Å². The molecule has 0 bridgehead atoms. The van der Waals surface area contributed by atoms with Crippen molar-refractivity contribution in [1.82, 2.24) is 0 Å². The summed E-state index contributed by atoms with van der Waals surface area (Å²) in [6, 6.07) is 9.91. The van der Waals surface area contributed by atoms with E-state index in [9.17, 15) is 4.79 Å². The zero-order valence-electron chi connectivity index (χ0n) is 18.4. The summed E-state index contributed by atoms with van der Waals surface area (Å²) in [5, 5.41) is 11.2. The van der Waals surface area contributed by atoms with Crippen molar-refractivity contribution in [3.8, 4) is 6.07 Å². The molecular weight excluding hydrogens is 360 g/mol. The zero-order chi connectivity index (χ0) is 21.0. The summed E-state index contributed by atoms with van der Waals surface area (Å²) in [7, 11) is 0. The fourth-order valence-electron chi connectivity index (χ4n) is 3.38. The lowest BCUT2D eigenvalue weighted by Crippen LogP contribution is -2.14. The molecule has 1 aromatic rings. The van der Waals surface area contributed by atoms with E-state index in [1.807, 2.05) is 31.2 Å². The molecule has 0 spiro atoms. The predicted molar refractivity (Wildman–Crippen MR) is 121 cm³/mol. The first-order chi connectivity index (χ1) is 14.2. The fraction of sp³-hybridized carbons (Fsp3) is 0.680. The SMILES string of the molecule is Cc1ccc(NC(=O)OCCCCCCCCCCCCCCCCC#N)cc1. The summed E-state index contributed by atoms with van der Waals surface area (Å²) in [5.41, 5.74) is 1.94. The van der Waals surface area contributed by atoms with E-state index in [4.69, 9.17) is 10.00 Å². The second-order valence-corrected chi connectivity index (χ2v) is 7.98. The molecule has 0 fully saturated rings. The highest BCUT2D eigenvalue weighted by atomic mass is 16.5. The van der Waals surface area contributed by atoms with E-state index >= 15 is 0 Å². The van der Waals surface area contributed by atoms with Gasteiger partial charge >= 0.3 is 6.09 Å². The number of carbonyl (C=O) groups excluding carboxylic acids is 1. The minimum atomic E-state index is -0.365. The third-order valence-electron chi connectivity index (χ3n) is 5.21. The van der Waals surface area contributed by atoms with Crippen molar-refractivity contribution < 1.29 is 9.53 Å². The molecule has 4 nitrogen and oxygen atoms in total. The van der Waals surface area contributed by atoms with Gasteiger partial charge in [-0.1, -0.05) is 94.7 Å². The van der Waals surface area contributed by atoms with Crippen LogP contribution in [0.15, 0.2) is 24.3 Å². The largest absolute Gasteiger partial charge is 0.449 e. The van der Waals surface area contributed by atoms with Crippen LogP contribution in [0.2, 0.25) is 0 Å². The molecule has 162 valence electrons. The second-order valence-electron chi connectivity index (χ2n) is 7.98. The third-order valence-corrected chi connectivity index (χ3v) is 5.21. The summed E-state index contributed by atoms with van der Waals surface area (Å²) in [6.45, 7) is 2.51. The maximum Gasteiger partial charge on any atom is 0.411 e. The maximum absolute atomic E-state index is 11.7. The van der Waals surface area contributed by atoms with Gasteiger partial charge in [-0.25, -0.2) is 4.79 Å². The van der Waals surface area contributed by atoms with Crippen LogP contribution in [0.1, 0.15) is 102 Å². The Morgan fingerprint density at radius 1 is 0.793 bits per heavy atom. The van der Waals surface area contributed by atoms with Gasteiger partial charge in [0, 0.05) is 12.1 Å². The lowest BCUT2D eigenvalue weighted by molar-refractivity contribution is 0.159. The molecule has 0 aliphatic heterocycles. The predicted octanol–water partition coefficient (Wildman–Crippen LogP) is 7.92. The lowest BCUT2D eigenvalue weighted by Gasteiger charge is -2.07. The van der Waals surface area contributed by atoms with Gasteiger partial charge in [-0.15, -0.1) is 0 Å². The van der Waals surface area contributed by atoms with E-state index in [2.05, 4.69) is 11.4 Å². The number of carbonyl (C=O) groups is 1. The van der Waals surface area contributed by atoms with Crippen molar-refractivity contribution in [1.29, 1.82) is 5.26 Å². The number of hydrogen-bond donors (Lipinski definition) is 1. The van der Waals surface area contributed by atoms with Crippen LogP contribution in [0.4, 0.5) is 10.5 Å². The number of aryl methyl sites for hydroxylation is 1. The van der Waals surface area contributed by atoms with Crippen molar-refractivity contribution in [2.45, 2.75) is 103 Å². The standard InChI is InChI=1S/C25H40N2O2/c1-23-17-19-24(20-18-23)27-25(28)29-22-16-14-12-10-8-6-4-2-3-5-7-9-11-13-15-21-26/h17-20H,2-16,22H2,1H3,(H,27,28). The van der Waals surface area contributed by atoms with Crippen LogP contribution >= 0.6 is 0 Å². The number of ether oxygens (including phenoxy) is 1. The maximum atomic E-state index is 11.7. The summed E-state index contributed by atoms with van der Waals surface area (Å²) >= 11 is 0. The van der Waals surface area contributed by atoms with E-state index < -0.39 is 0 Å². The Morgan fingerprint density at radius 3 is 1.72 bits per heavy atom. The van der Waals surface area contributed by atoms with Crippen LogP contribution in [0, 0.1) is 18.3 Å². The molecule has 1 rings (SSSR count). The Balaban J connectivity index is 1.78. The first kappa shape index (κ1) is 25.0. The quantitative estimate of drug-likeness (QED) is 0.270. The fourth-order valence-corrected chi connectivity index (χ4v) is 3.38. The molecule has 0 heterocycles. The Hall–Kier alpha value is -2.02. The third kappa shape index (κ3) is 15.6. The first-order valence-electron chi connectivity index (χ1n) is 11.6. The Kier molecular flexibility index (Phi) is 15.6. The number of anilines is 1. The number of nitrogens with one attached hydrogen (secondary N) is 1. The molecule has 0 aliphatic carbocycles. The van der Waals surface area contributed by atoms with Gasteiger partial charge in [-0.05, 0) is 31.9 Å². The van der Waals surface area contributed by atoms with Crippen molar-refractivity contribution >= 4 is 11.8 Å². The van der Waals surface area contributed by atoms with Crippen molar-refractivity contribution in [3.05, 3.63) is 29.8 Å². The van der Waals surface area contributed by atoms with E-state index in [-0.39, 0.29) is 6.09 Å². The normalized spacial score (nSPS) is 10.5. The first-order valence-corrected chi connectivity index (χ1v) is 11.6. The highest BCUT2D eigenvalue weighted by Crippen LogP contribution is 2.13. The molecular formula is C25H40N2O2. The highest BCUT2D eigenvalue weighted by molar-refractivity contribution is 5.84. The zero-order valence-corrected chi connectivity index (χ0v) is 18.4. The van der Waals surface area contributed by atoms with Crippen LogP contribution in [0.3, 0.4) is 0 Å². The Labute approximate surface area is 178 Å². The molecule has 0 aliphatic rings. The number of nitriles is 1. The molecule has 4 heteroatoms. The molecule has 0 aromatic heterocycles. The van der Waals surface area contributed by atoms with Gasteiger partial charge in [-0.2, -0.15) is 5.26 Å². The van der Waals surface area contributed by atoms with Crippen LogP contribution in [0.25, 0.3) is 0 Å². The smallest absolute Gasteiger partial charge is 0.411 e. The monoisotopic (exact) mass is 400 g/mol. The Bertz CT molecular complexity index is 563. The average Bonchev–Trinajstić information content (AvgIpc) is 2.72. The molecule has 0 unspecified atom stereocenters. The van der Waals surface area contributed by atoms with Gasteiger partial charge in [-0.3, -0.25) is 5.32 Å².